The molecule has 3 rings (SSSR count). The Hall–Kier alpha value is -1.35. The molecule has 0 saturated heterocycles. The normalized spacial score (nSPS) is 20.7. The van der Waals surface area contributed by atoms with Gasteiger partial charge in [-0.25, -0.2) is 5.43 Å². The first-order valence-corrected chi connectivity index (χ1v) is 6.50. The number of fused-ring (bicyclic) bond motifs is 1. The Bertz CT molecular complexity index is 424. The van der Waals surface area contributed by atoms with Crippen LogP contribution in [0.25, 0.3) is 0 Å². The molecule has 0 bridgehead atoms. The molecule has 1 aromatic rings. The maximum absolute atomic E-state index is 12.1. The fraction of sp³-hybridized carbons (Fsp3) is 0.500. The Labute approximate surface area is 102 Å². The third-order valence-electron chi connectivity index (χ3n) is 3.76. The predicted octanol–water partition coefficient (Wildman–Crippen LogP) is 2.48. The van der Waals surface area contributed by atoms with Gasteiger partial charge in [0.1, 0.15) is 0 Å². The van der Waals surface area contributed by atoms with Crippen molar-refractivity contribution in [2.45, 2.75) is 44.7 Å². The number of carbonyl (C=O) groups is 1. The summed E-state index contributed by atoms with van der Waals surface area (Å²) in [4.78, 5) is 12.1. The third-order valence-corrected chi connectivity index (χ3v) is 3.76. The molecule has 0 spiro atoms. The van der Waals surface area contributed by atoms with Crippen molar-refractivity contribution in [2.24, 2.45) is 0 Å². The summed E-state index contributed by atoms with van der Waals surface area (Å²) in [5.74, 6) is 0.131. The molecule has 3 nitrogen and oxygen atoms in total. The van der Waals surface area contributed by atoms with E-state index in [1.807, 2.05) is 24.3 Å². The molecule has 0 unspecified atom stereocenters. The van der Waals surface area contributed by atoms with E-state index < -0.39 is 0 Å². The molecule has 1 N–H and O–H groups in total. The lowest BCUT2D eigenvalue weighted by Gasteiger charge is -2.28. The van der Waals surface area contributed by atoms with Crippen LogP contribution in [0.4, 0.5) is 0 Å². The van der Waals surface area contributed by atoms with Crippen molar-refractivity contribution in [1.82, 2.24) is 10.4 Å². The standard InChI is InChI=1S/C14H18N2O/c17-14-13-9-5-4-6-11(13)10-16(14)15-12-7-2-1-3-8-12/h4-6,9,12,15H,1-3,7-8,10H2. The highest BCUT2D eigenvalue weighted by Gasteiger charge is 2.28. The Kier molecular flexibility index (Phi) is 2.85. The second-order valence-electron chi connectivity index (χ2n) is 5.01. The SMILES string of the molecule is O=C1c2ccccc2CN1NC1CCCCC1. The average molecular weight is 230 g/mol. The molecule has 1 aliphatic heterocycles. The first kappa shape index (κ1) is 10.8. The van der Waals surface area contributed by atoms with Gasteiger partial charge >= 0.3 is 0 Å². The van der Waals surface area contributed by atoms with Gasteiger partial charge in [0, 0.05) is 11.6 Å². The van der Waals surface area contributed by atoms with E-state index in [1.165, 1.54) is 32.1 Å². The number of benzene rings is 1. The van der Waals surface area contributed by atoms with Crippen molar-refractivity contribution in [3.8, 4) is 0 Å². The van der Waals surface area contributed by atoms with E-state index >= 15 is 0 Å². The summed E-state index contributed by atoms with van der Waals surface area (Å²) in [5, 5.41) is 1.79. The summed E-state index contributed by atoms with van der Waals surface area (Å²) in [7, 11) is 0. The van der Waals surface area contributed by atoms with Crippen LogP contribution in [-0.4, -0.2) is 17.0 Å². The van der Waals surface area contributed by atoms with Crippen LogP contribution < -0.4 is 5.43 Å². The molecule has 3 heteroatoms. The summed E-state index contributed by atoms with van der Waals surface area (Å²) in [5.41, 5.74) is 5.40. The second-order valence-corrected chi connectivity index (χ2v) is 5.01. The number of nitrogens with zero attached hydrogens (tertiary/aromatic N) is 1. The van der Waals surface area contributed by atoms with E-state index in [0.29, 0.717) is 12.6 Å². The number of carbonyl (C=O) groups excluding carboxylic acids is 1. The van der Waals surface area contributed by atoms with Crippen LogP contribution >= 0.6 is 0 Å². The molecule has 0 radical (unpaired) electrons. The molecule has 1 saturated carbocycles. The summed E-state index contributed by atoms with van der Waals surface area (Å²) >= 11 is 0. The number of rotatable bonds is 2. The predicted molar refractivity (Wildman–Crippen MR) is 66.3 cm³/mol. The van der Waals surface area contributed by atoms with E-state index in [2.05, 4.69) is 5.43 Å². The maximum atomic E-state index is 12.1. The van der Waals surface area contributed by atoms with Crippen LogP contribution in [0.3, 0.4) is 0 Å². The van der Waals surface area contributed by atoms with Crippen molar-refractivity contribution in [2.75, 3.05) is 0 Å². The van der Waals surface area contributed by atoms with Crippen LogP contribution in [0.1, 0.15) is 48.0 Å². The monoisotopic (exact) mass is 230 g/mol. The molecular weight excluding hydrogens is 212 g/mol. The van der Waals surface area contributed by atoms with Gasteiger partial charge in [-0.15, -0.1) is 0 Å². The zero-order valence-electron chi connectivity index (χ0n) is 9.98. The van der Waals surface area contributed by atoms with Gasteiger partial charge in [-0.1, -0.05) is 37.5 Å². The maximum Gasteiger partial charge on any atom is 0.268 e. The molecule has 17 heavy (non-hydrogen) atoms. The van der Waals surface area contributed by atoms with Crippen LogP contribution in [0, 0.1) is 0 Å². The van der Waals surface area contributed by atoms with Crippen LogP contribution in [-0.2, 0) is 6.54 Å². The van der Waals surface area contributed by atoms with E-state index in [4.69, 9.17) is 0 Å². The number of nitrogens with one attached hydrogen (secondary N) is 1. The van der Waals surface area contributed by atoms with Crippen LogP contribution in [0.15, 0.2) is 24.3 Å². The topological polar surface area (TPSA) is 32.3 Å². The molecule has 1 aromatic carbocycles. The fourth-order valence-electron chi connectivity index (χ4n) is 2.81. The molecule has 1 amide bonds. The smallest absolute Gasteiger partial charge is 0.268 e. The molecule has 90 valence electrons. The highest BCUT2D eigenvalue weighted by Crippen LogP contribution is 2.23. The van der Waals surface area contributed by atoms with Crippen molar-refractivity contribution < 1.29 is 4.79 Å². The Balaban J connectivity index is 1.69. The zero-order valence-corrected chi connectivity index (χ0v) is 9.98. The summed E-state index contributed by atoms with van der Waals surface area (Å²) in [6.07, 6.45) is 6.30. The molecule has 2 aliphatic rings. The van der Waals surface area contributed by atoms with E-state index in [0.717, 1.165) is 11.1 Å². The lowest BCUT2D eigenvalue weighted by atomic mass is 9.96. The van der Waals surface area contributed by atoms with Crippen LogP contribution in [0.5, 0.6) is 0 Å². The van der Waals surface area contributed by atoms with E-state index in [-0.39, 0.29) is 5.91 Å². The van der Waals surface area contributed by atoms with Gasteiger partial charge < -0.3 is 0 Å². The number of amides is 1. The van der Waals surface area contributed by atoms with Gasteiger partial charge in [0.05, 0.1) is 6.54 Å². The minimum atomic E-state index is 0.131. The van der Waals surface area contributed by atoms with Gasteiger partial charge in [-0.3, -0.25) is 9.80 Å². The van der Waals surface area contributed by atoms with Crippen molar-refractivity contribution in [3.05, 3.63) is 35.4 Å². The third kappa shape index (κ3) is 2.07. The Morgan fingerprint density at radius 2 is 1.88 bits per heavy atom. The molecule has 1 aliphatic carbocycles. The molecular formula is C14H18N2O. The minimum absolute atomic E-state index is 0.131. The first-order valence-electron chi connectivity index (χ1n) is 6.50. The largest absolute Gasteiger partial charge is 0.269 e. The lowest BCUT2D eigenvalue weighted by molar-refractivity contribution is 0.0621. The Morgan fingerprint density at radius 3 is 2.65 bits per heavy atom. The molecule has 0 atom stereocenters. The van der Waals surface area contributed by atoms with Gasteiger partial charge in [-0.05, 0) is 24.5 Å². The van der Waals surface area contributed by atoms with E-state index in [1.54, 1.807) is 5.01 Å². The second kappa shape index (κ2) is 4.49. The summed E-state index contributed by atoms with van der Waals surface area (Å²) < 4.78 is 0. The molecule has 1 fully saturated rings. The van der Waals surface area contributed by atoms with Crippen molar-refractivity contribution in [3.63, 3.8) is 0 Å². The number of hydrogen-bond donors (Lipinski definition) is 1. The summed E-state index contributed by atoms with van der Waals surface area (Å²) in [6, 6.07) is 8.37. The fourth-order valence-corrected chi connectivity index (χ4v) is 2.81. The summed E-state index contributed by atoms with van der Waals surface area (Å²) in [6.45, 7) is 0.714. The highest BCUT2D eigenvalue weighted by atomic mass is 16.2. The quantitative estimate of drug-likeness (QED) is 0.846. The van der Waals surface area contributed by atoms with E-state index in [9.17, 15) is 4.79 Å². The van der Waals surface area contributed by atoms with Gasteiger partial charge in [0.15, 0.2) is 0 Å². The van der Waals surface area contributed by atoms with Crippen molar-refractivity contribution >= 4 is 5.91 Å². The van der Waals surface area contributed by atoms with Gasteiger partial charge in [0.2, 0.25) is 0 Å². The van der Waals surface area contributed by atoms with Gasteiger partial charge in [-0.2, -0.15) is 0 Å². The van der Waals surface area contributed by atoms with Crippen molar-refractivity contribution in [1.29, 1.82) is 0 Å². The lowest BCUT2D eigenvalue weighted by Crippen LogP contribution is -2.45. The zero-order chi connectivity index (χ0) is 11.7. The molecule has 0 aromatic heterocycles. The Morgan fingerprint density at radius 1 is 1.12 bits per heavy atom. The molecule has 1 heterocycles. The minimum Gasteiger partial charge on any atom is -0.269 e. The van der Waals surface area contributed by atoms with Gasteiger partial charge in [0.25, 0.3) is 5.91 Å². The number of hydrazine groups is 1. The first-order chi connectivity index (χ1) is 8.34. The number of hydrogen-bond acceptors (Lipinski definition) is 2. The average Bonchev–Trinajstić information content (AvgIpc) is 2.68. The highest BCUT2D eigenvalue weighted by molar-refractivity contribution is 5.97. The van der Waals surface area contributed by atoms with Crippen LogP contribution in [0.2, 0.25) is 0 Å².